The Labute approximate surface area is 137 Å². The van der Waals surface area contributed by atoms with Gasteiger partial charge >= 0.3 is 6.09 Å². The summed E-state index contributed by atoms with van der Waals surface area (Å²) >= 11 is 0. The quantitative estimate of drug-likeness (QED) is 0.837. The zero-order chi connectivity index (χ0) is 16.5. The average Bonchev–Trinajstić information content (AvgIpc) is 2.61. The number of carbonyl (C=O) groups is 1. The predicted molar refractivity (Wildman–Crippen MR) is 91.0 cm³/mol. The second kappa shape index (κ2) is 8.32. The van der Waals surface area contributed by atoms with Gasteiger partial charge in [-0.25, -0.2) is 4.79 Å². The van der Waals surface area contributed by atoms with Crippen molar-refractivity contribution in [3.05, 3.63) is 66.0 Å². The van der Waals surface area contributed by atoms with Crippen LogP contribution in [0.4, 0.5) is 4.79 Å². The lowest BCUT2D eigenvalue weighted by Gasteiger charge is -2.32. The summed E-state index contributed by atoms with van der Waals surface area (Å²) in [6.45, 7) is 4.45. The van der Waals surface area contributed by atoms with Gasteiger partial charge < -0.3 is 10.1 Å². The molecule has 2 aromatic rings. The van der Waals surface area contributed by atoms with Crippen LogP contribution in [0.2, 0.25) is 0 Å². The Balaban J connectivity index is 1.96. The number of nitrogens with zero attached hydrogens (tertiary/aromatic N) is 1. The molecule has 1 heterocycles. The lowest BCUT2D eigenvalue weighted by atomic mass is 9.86. The predicted octanol–water partition coefficient (Wildman–Crippen LogP) is 4.11. The number of pyridine rings is 1. The van der Waals surface area contributed by atoms with E-state index in [1.807, 2.05) is 42.5 Å². The first-order chi connectivity index (χ1) is 11.2. The largest absolute Gasteiger partial charge is 0.445 e. The summed E-state index contributed by atoms with van der Waals surface area (Å²) < 4.78 is 5.36. The SMILES string of the molecule is CCC(CC)(Cc1ccncc1)NC(=O)OCc1ccccc1. The van der Waals surface area contributed by atoms with E-state index in [1.165, 1.54) is 0 Å². The summed E-state index contributed by atoms with van der Waals surface area (Å²) in [5.41, 5.74) is 1.84. The summed E-state index contributed by atoms with van der Waals surface area (Å²) in [6, 6.07) is 13.7. The second-order valence-corrected chi connectivity index (χ2v) is 5.71. The first kappa shape index (κ1) is 17.0. The highest BCUT2D eigenvalue weighted by Crippen LogP contribution is 2.21. The Morgan fingerprint density at radius 2 is 1.70 bits per heavy atom. The molecule has 4 heteroatoms. The van der Waals surface area contributed by atoms with E-state index in [4.69, 9.17) is 4.74 Å². The van der Waals surface area contributed by atoms with E-state index in [2.05, 4.69) is 24.1 Å². The summed E-state index contributed by atoms with van der Waals surface area (Å²) in [5.74, 6) is 0. The van der Waals surface area contributed by atoms with Crippen LogP contribution in [-0.4, -0.2) is 16.6 Å². The molecule has 0 bridgehead atoms. The number of hydrogen-bond acceptors (Lipinski definition) is 3. The molecule has 1 aromatic carbocycles. The first-order valence-electron chi connectivity index (χ1n) is 8.05. The average molecular weight is 312 g/mol. The zero-order valence-corrected chi connectivity index (χ0v) is 13.8. The molecular formula is C19H24N2O2. The molecule has 23 heavy (non-hydrogen) atoms. The summed E-state index contributed by atoms with van der Waals surface area (Å²) in [4.78, 5) is 16.2. The lowest BCUT2D eigenvalue weighted by Crippen LogP contribution is -2.49. The molecule has 1 N–H and O–H groups in total. The van der Waals surface area contributed by atoms with Gasteiger partial charge in [-0.1, -0.05) is 44.2 Å². The molecule has 4 nitrogen and oxygen atoms in total. The van der Waals surface area contributed by atoms with Crippen LogP contribution in [0.5, 0.6) is 0 Å². The molecule has 2 rings (SSSR count). The van der Waals surface area contributed by atoms with Crippen molar-refractivity contribution in [2.75, 3.05) is 0 Å². The lowest BCUT2D eigenvalue weighted by molar-refractivity contribution is 0.123. The number of nitrogens with one attached hydrogen (secondary N) is 1. The Kier molecular flexibility index (Phi) is 6.15. The molecule has 0 atom stereocenters. The number of amides is 1. The molecule has 0 saturated heterocycles. The van der Waals surface area contributed by atoms with Gasteiger partial charge in [0.15, 0.2) is 0 Å². The van der Waals surface area contributed by atoms with Crippen molar-refractivity contribution in [2.45, 2.75) is 45.3 Å². The summed E-state index contributed by atoms with van der Waals surface area (Å²) in [7, 11) is 0. The number of hydrogen-bond donors (Lipinski definition) is 1. The Bertz CT molecular complexity index is 595. The molecule has 0 unspecified atom stereocenters. The van der Waals surface area contributed by atoms with E-state index in [1.54, 1.807) is 12.4 Å². The van der Waals surface area contributed by atoms with Gasteiger partial charge in [-0.15, -0.1) is 0 Å². The van der Waals surface area contributed by atoms with Crippen molar-refractivity contribution in [1.29, 1.82) is 0 Å². The van der Waals surface area contributed by atoms with Crippen LogP contribution in [0.3, 0.4) is 0 Å². The van der Waals surface area contributed by atoms with Crippen molar-refractivity contribution < 1.29 is 9.53 Å². The summed E-state index contributed by atoms with van der Waals surface area (Å²) in [6.07, 6.45) is 5.63. The Hall–Kier alpha value is -2.36. The van der Waals surface area contributed by atoms with Gasteiger partial charge in [0.05, 0.1) is 0 Å². The van der Waals surface area contributed by atoms with Gasteiger partial charge in [0.2, 0.25) is 0 Å². The molecule has 0 radical (unpaired) electrons. The minimum atomic E-state index is -0.369. The van der Waals surface area contributed by atoms with Crippen LogP contribution in [0, 0.1) is 0 Å². The molecule has 0 aliphatic carbocycles. The van der Waals surface area contributed by atoms with Crippen molar-refractivity contribution in [3.63, 3.8) is 0 Å². The molecule has 1 amide bonds. The molecule has 0 spiro atoms. The maximum absolute atomic E-state index is 12.2. The minimum absolute atomic E-state index is 0.283. The standard InChI is InChI=1S/C19H24N2O2/c1-3-19(4-2,14-16-10-12-20-13-11-16)21-18(22)23-15-17-8-6-5-7-9-17/h5-13H,3-4,14-15H2,1-2H3,(H,21,22). The fraction of sp³-hybridized carbons (Fsp3) is 0.368. The van der Waals surface area contributed by atoms with Crippen LogP contribution in [0.1, 0.15) is 37.8 Å². The van der Waals surface area contributed by atoms with Crippen LogP contribution < -0.4 is 5.32 Å². The van der Waals surface area contributed by atoms with Crippen LogP contribution >= 0.6 is 0 Å². The van der Waals surface area contributed by atoms with Gasteiger partial charge in [-0.05, 0) is 42.5 Å². The third kappa shape index (κ3) is 5.09. The second-order valence-electron chi connectivity index (χ2n) is 5.71. The monoisotopic (exact) mass is 312 g/mol. The minimum Gasteiger partial charge on any atom is -0.445 e. The van der Waals surface area contributed by atoms with E-state index in [0.29, 0.717) is 0 Å². The molecule has 122 valence electrons. The van der Waals surface area contributed by atoms with Crippen molar-refractivity contribution >= 4 is 6.09 Å². The van der Waals surface area contributed by atoms with Crippen molar-refractivity contribution in [1.82, 2.24) is 10.3 Å². The summed E-state index contributed by atoms with van der Waals surface area (Å²) in [5, 5.41) is 3.07. The van der Waals surface area contributed by atoms with Gasteiger partial charge in [0.1, 0.15) is 6.61 Å². The number of carbonyl (C=O) groups excluding carboxylic acids is 1. The van der Waals surface area contributed by atoms with Gasteiger partial charge in [0, 0.05) is 17.9 Å². The number of alkyl carbamates (subject to hydrolysis) is 1. The normalized spacial score (nSPS) is 11.0. The fourth-order valence-corrected chi connectivity index (χ4v) is 2.59. The molecule has 1 aromatic heterocycles. The third-order valence-corrected chi connectivity index (χ3v) is 4.23. The Morgan fingerprint density at radius 3 is 2.30 bits per heavy atom. The number of ether oxygens (including phenoxy) is 1. The van der Waals surface area contributed by atoms with Gasteiger partial charge in [-0.3, -0.25) is 4.98 Å². The molecule has 0 aliphatic heterocycles. The van der Waals surface area contributed by atoms with E-state index in [0.717, 1.165) is 30.4 Å². The maximum Gasteiger partial charge on any atom is 0.407 e. The Morgan fingerprint density at radius 1 is 1.04 bits per heavy atom. The number of aromatic nitrogens is 1. The smallest absolute Gasteiger partial charge is 0.407 e. The van der Waals surface area contributed by atoms with Crippen LogP contribution in [0.15, 0.2) is 54.9 Å². The van der Waals surface area contributed by atoms with Crippen LogP contribution in [-0.2, 0) is 17.8 Å². The third-order valence-electron chi connectivity index (χ3n) is 4.23. The topological polar surface area (TPSA) is 51.2 Å². The van der Waals surface area contributed by atoms with E-state index < -0.39 is 0 Å². The van der Waals surface area contributed by atoms with Gasteiger partial charge in [-0.2, -0.15) is 0 Å². The molecular weight excluding hydrogens is 288 g/mol. The first-order valence-corrected chi connectivity index (χ1v) is 8.05. The van der Waals surface area contributed by atoms with E-state index >= 15 is 0 Å². The maximum atomic E-state index is 12.2. The fourth-order valence-electron chi connectivity index (χ4n) is 2.59. The molecule has 0 saturated carbocycles. The van der Waals surface area contributed by atoms with E-state index in [-0.39, 0.29) is 18.2 Å². The number of benzene rings is 1. The van der Waals surface area contributed by atoms with Gasteiger partial charge in [0.25, 0.3) is 0 Å². The van der Waals surface area contributed by atoms with E-state index in [9.17, 15) is 4.79 Å². The molecule has 0 aliphatic rings. The number of rotatable bonds is 7. The van der Waals surface area contributed by atoms with Crippen LogP contribution in [0.25, 0.3) is 0 Å². The highest BCUT2D eigenvalue weighted by molar-refractivity contribution is 5.68. The van der Waals surface area contributed by atoms with Crippen molar-refractivity contribution in [3.8, 4) is 0 Å². The highest BCUT2D eigenvalue weighted by atomic mass is 16.5. The zero-order valence-electron chi connectivity index (χ0n) is 13.8. The van der Waals surface area contributed by atoms with Crippen molar-refractivity contribution in [2.24, 2.45) is 0 Å². The molecule has 0 fully saturated rings. The highest BCUT2D eigenvalue weighted by Gasteiger charge is 2.29.